The largest absolute Gasteiger partial charge is 0.573 e. The number of hydrogen-bond acceptors (Lipinski definition) is 3. The van der Waals surface area contributed by atoms with Crippen LogP contribution in [0.3, 0.4) is 0 Å². The van der Waals surface area contributed by atoms with Gasteiger partial charge in [0.25, 0.3) is 0 Å². The summed E-state index contributed by atoms with van der Waals surface area (Å²) in [6.07, 6.45) is -12.5. The Bertz CT molecular complexity index is 797. The first-order valence-electron chi connectivity index (χ1n) is 8.54. The summed E-state index contributed by atoms with van der Waals surface area (Å²) in [5, 5.41) is 9.56. The molecule has 160 valence electrons. The smallest absolute Gasteiger partial charge is 0.406 e. The second-order valence-electron chi connectivity index (χ2n) is 6.30. The van der Waals surface area contributed by atoms with Crippen LogP contribution < -0.4 is 9.64 Å². The molecule has 1 unspecified atom stereocenters. The summed E-state index contributed by atoms with van der Waals surface area (Å²) in [5.74, 6) is -0.395. The van der Waals surface area contributed by atoms with Gasteiger partial charge in [0.05, 0.1) is 0 Å². The van der Waals surface area contributed by atoms with Gasteiger partial charge in [-0.05, 0) is 48.7 Å². The zero-order valence-electron chi connectivity index (χ0n) is 15.0. The number of ether oxygens (including phenoxy) is 1. The molecule has 3 nitrogen and oxygen atoms in total. The fourth-order valence-electron chi connectivity index (χ4n) is 2.67. The number of aliphatic hydroxyl groups excluding tert-OH is 1. The molecule has 29 heavy (non-hydrogen) atoms. The molecule has 1 atom stereocenters. The van der Waals surface area contributed by atoms with E-state index in [1.807, 2.05) is 0 Å². The van der Waals surface area contributed by atoms with Gasteiger partial charge in [-0.25, -0.2) is 0 Å². The van der Waals surface area contributed by atoms with Gasteiger partial charge < -0.3 is 14.7 Å². The van der Waals surface area contributed by atoms with Crippen molar-refractivity contribution in [1.82, 2.24) is 0 Å². The van der Waals surface area contributed by atoms with Gasteiger partial charge in [-0.3, -0.25) is 0 Å². The Morgan fingerprint density at radius 1 is 1.00 bits per heavy atom. The van der Waals surface area contributed by atoms with Gasteiger partial charge in [-0.1, -0.05) is 29.8 Å². The topological polar surface area (TPSA) is 32.7 Å². The highest BCUT2D eigenvalue weighted by Crippen LogP contribution is 2.27. The van der Waals surface area contributed by atoms with Crippen LogP contribution >= 0.6 is 11.6 Å². The molecule has 1 N–H and O–H groups in total. The van der Waals surface area contributed by atoms with E-state index in [2.05, 4.69) is 4.74 Å². The highest BCUT2D eigenvalue weighted by atomic mass is 35.5. The molecule has 0 amide bonds. The monoisotopic (exact) mass is 441 g/mol. The number of nitrogens with zero attached hydrogens (tertiary/aromatic N) is 1. The van der Waals surface area contributed by atoms with Crippen LogP contribution in [-0.2, 0) is 6.54 Å². The molecule has 0 spiro atoms. The van der Waals surface area contributed by atoms with Crippen LogP contribution in [0.25, 0.3) is 0 Å². The van der Waals surface area contributed by atoms with Crippen LogP contribution in [0.2, 0.25) is 5.02 Å². The number of anilines is 1. The molecular weight excluding hydrogens is 424 g/mol. The number of aliphatic hydroxyl groups is 1. The zero-order valence-corrected chi connectivity index (χ0v) is 15.7. The lowest BCUT2D eigenvalue weighted by molar-refractivity contribution is -0.274. The maximum absolute atomic E-state index is 12.5. The van der Waals surface area contributed by atoms with E-state index in [9.17, 15) is 26.3 Å². The van der Waals surface area contributed by atoms with Crippen molar-refractivity contribution in [2.75, 3.05) is 11.4 Å². The fourth-order valence-corrected chi connectivity index (χ4v) is 2.86. The highest BCUT2D eigenvalue weighted by molar-refractivity contribution is 6.30. The van der Waals surface area contributed by atoms with Crippen LogP contribution in [0.5, 0.6) is 5.75 Å². The Labute approximate surface area is 168 Å². The molecule has 0 aliphatic carbocycles. The standard InChI is InChI=1S/C19H18ClF6NO2/c20-14-5-2-6-15(11-14)27(9-3-8-17(28)18(21,22)23)12-13-4-1-7-16(10-13)29-19(24,25)26/h1-2,4-7,10-11,17,28H,3,8-9,12H2. The van der Waals surface area contributed by atoms with Crippen molar-refractivity contribution >= 4 is 17.3 Å². The van der Waals surface area contributed by atoms with Crippen molar-refractivity contribution in [3.05, 3.63) is 59.1 Å². The molecule has 0 radical (unpaired) electrons. The second-order valence-corrected chi connectivity index (χ2v) is 6.73. The Kier molecular flexibility index (Phi) is 7.65. The summed E-state index contributed by atoms with van der Waals surface area (Å²) in [6.45, 7) is 0.231. The van der Waals surface area contributed by atoms with Crippen molar-refractivity contribution in [2.24, 2.45) is 0 Å². The average Bonchev–Trinajstić information content (AvgIpc) is 2.58. The van der Waals surface area contributed by atoms with Crippen LogP contribution in [0.1, 0.15) is 18.4 Å². The Hall–Kier alpha value is -2.13. The van der Waals surface area contributed by atoms with Crippen LogP contribution in [0, 0.1) is 0 Å². The molecule has 0 aromatic heterocycles. The third-order valence-corrected chi connectivity index (χ3v) is 4.20. The number of benzene rings is 2. The van der Waals surface area contributed by atoms with Crippen molar-refractivity contribution in [3.63, 3.8) is 0 Å². The van der Waals surface area contributed by atoms with E-state index in [4.69, 9.17) is 16.7 Å². The van der Waals surface area contributed by atoms with Crippen LogP contribution in [-0.4, -0.2) is 30.3 Å². The molecule has 0 saturated heterocycles. The molecule has 0 saturated carbocycles. The minimum Gasteiger partial charge on any atom is -0.406 e. The first-order chi connectivity index (χ1) is 13.4. The molecule has 0 heterocycles. The quantitative estimate of drug-likeness (QED) is 0.514. The number of rotatable bonds is 8. The van der Waals surface area contributed by atoms with Gasteiger partial charge in [-0.2, -0.15) is 13.2 Å². The maximum Gasteiger partial charge on any atom is 0.573 e. The van der Waals surface area contributed by atoms with Crippen LogP contribution in [0.15, 0.2) is 48.5 Å². The molecule has 2 rings (SSSR count). The van der Waals surface area contributed by atoms with Crippen molar-refractivity contribution in [1.29, 1.82) is 0 Å². The summed E-state index contributed by atoms with van der Waals surface area (Å²) in [7, 11) is 0. The van der Waals surface area contributed by atoms with Gasteiger partial charge in [0, 0.05) is 23.8 Å². The van der Waals surface area contributed by atoms with Crippen molar-refractivity contribution in [2.45, 2.75) is 38.0 Å². The van der Waals surface area contributed by atoms with E-state index in [0.717, 1.165) is 6.07 Å². The third kappa shape index (κ3) is 8.02. The summed E-state index contributed by atoms with van der Waals surface area (Å²) < 4.78 is 78.6. The number of hydrogen-bond donors (Lipinski definition) is 1. The molecule has 0 aliphatic rings. The lowest BCUT2D eigenvalue weighted by atomic mass is 10.1. The minimum atomic E-state index is -4.83. The van der Waals surface area contributed by atoms with E-state index >= 15 is 0 Å². The van der Waals surface area contributed by atoms with E-state index in [0.29, 0.717) is 16.3 Å². The molecule has 2 aromatic rings. The highest BCUT2D eigenvalue weighted by Gasteiger charge is 2.37. The summed E-state index contributed by atoms with van der Waals surface area (Å²) in [6, 6.07) is 11.9. The molecule has 10 heteroatoms. The Morgan fingerprint density at radius 3 is 2.31 bits per heavy atom. The summed E-state index contributed by atoms with van der Waals surface area (Å²) in [5.41, 5.74) is 1.05. The van der Waals surface area contributed by atoms with Gasteiger partial charge >= 0.3 is 12.5 Å². The zero-order chi connectivity index (χ0) is 21.7. The maximum atomic E-state index is 12.5. The minimum absolute atomic E-state index is 0.00588. The SMILES string of the molecule is OC(CCCN(Cc1cccc(OC(F)(F)F)c1)c1cccc(Cl)c1)C(F)(F)F. The lowest BCUT2D eigenvalue weighted by Crippen LogP contribution is -2.30. The van der Waals surface area contributed by atoms with Gasteiger partial charge in [0.2, 0.25) is 0 Å². The Morgan fingerprint density at radius 2 is 1.69 bits per heavy atom. The predicted octanol–water partition coefficient (Wildman–Crippen LogP) is 5.95. The third-order valence-electron chi connectivity index (χ3n) is 3.96. The first-order valence-corrected chi connectivity index (χ1v) is 8.92. The fraction of sp³-hybridized carbons (Fsp3) is 0.368. The molecule has 0 bridgehead atoms. The van der Waals surface area contributed by atoms with Crippen LogP contribution in [0.4, 0.5) is 32.0 Å². The summed E-state index contributed by atoms with van der Waals surface area (Å²) >= 11 is 5.97. The molecule has 0 fully saturated rings. The Balaban J connectivity index is 2.15. The molecule has 2 aromatic carbocycles. The summed E-state index contributed by atoms with van der Waals surface area (Å²) in [4.78, 5) is 1.67. The van der Waals surface area contributed by atoms with Crippen molar-refractivity contribution < 1.29 is 36.2 Å². The molecule has 0 aliphatic heterocycles. The van der Waals surface area contributed by atoms with Gasteiger partial charge in [0.15, 0.2) is 0 Å². The van der Waals surface area contributed by atoms with Gasteiger partial charge in [-0.15, -0.1) is 13.2 Å². The van der Waals surface area contributed by atoms with E-state index in [1.54, 1.807) is 35.2 Å². The predicted molar refractivity (Wildman–Crippen MR) is 96.9 cm³/mol. The van der Waals surface area contributed by atoms with E-state index in [-0.39, 0.29) is 19.5 Å². The van der Waals surface area contributed by atoms with Crippen molar-refractivity contribution in [3.8, 4) is 5.75 Å². The van der Waals surface area contributed by atoms with E-state index in [1.165, 1.54) is 12.1 Å². The lowest BCUT2D eigenvalue weighted by Gasteiger charge is -2.26. The second kappa shape index (κ2) is 9.58. The number of alkyl halides is 6. The van der Waals surface area contributed by atoms with Gasteiger partial charge in [0.1, 0.15) is 11.9 Å². The average molecular weight is 442 g/mol. The number of halogens is 7. The molecular formula is C19H18ClF6NO2. The van der Waals surface area contributed by atoms with E-state index < -0.39 is 30.8 Å². The normalized spacial score (nSPS) is 13.2. The first kappa shape index (κ1) is 23.2.